The van der Waals surface area contributed by atoms with Crippen molar-refractivity contribution in [2.24, 2.45) is 7.05 Å². The topological polar surface area (TPSA) is 72.7 Å². The highest BCUT2D eigenvalue weighted by Crippen LogP contribution is 2.27. The molecule has 7 heteroatoms. The number of carbonyl (C=O) groups excluding carboxylic acids is 1. The average Bonchev–Trinajstić information content (AvgIpc) is 3.06. The van der Waals surface area contributed by atoms with Gasteiger partial charge in [-0.1, -0.05) is 17.4 Å². The Balaban J connectivity index is 1.71. The first-order valence-electron chi connectivity index (χ1n) is 7.92. The van der Waals surface area contributed by atoms with Crippen LogP contribution in [0.2, 0.25) is 0 Å². The summed E-state index contributed by atoms with van der Waals surface area (Å²) in [5.74, 6) is -0.203. The summed E-state index contributed by atoms with van der Waals surface area (Å²) in [7, 11) is 1.85. The molecule has 0 aliphatic heterocycles. The number of fused-ring (bicyclic) bond motifs is 2. The number of aromatic nitrogens is 4. The van der Waals surface area contributed by atoms with Gasteiger partial charge in [-0.2, -0.15) is 5.10 Å². The van der Waals surface area contributed by atoms with Gasteiger partial charge in [-0.3, -0.25) is 14.8 Å². The molecule has 0 bridgehead atoms. The van der Waals surface area contributed by atoms with Crippen molar-refractivity contribution in [1.82, 2.24) is 19.7 Å². The molecule has 25 heavy (non-hydrogen) atoms. The molecule has 0 fully saturated rings. The van der Waals surface area contributed by atoms with Gasteiger partial charge in [0.2, 0.25) is 0 Å². The molecule has 4 aromatic rings. The van der Waals surface area contributed by atoms with E-state index in [4.69, 9.17) is 0 Å². The van der Waals surface area contributed by atoms with Gasteiger partial charge in [0.25, 0.3) is 5.91 Å². The minimum atomic E-state index is -0.203. The fourth-order valence-corrected chi connectivity index (χ4v) is 3.87. The number of anilines is 1. The molecule has 3 heterocycles. The standard InChI is InChI=1S/C18H17N5OS/c1-9-5-6-14-15(7-9)25-18(20-14)21-17(24)13-8-12-11(3)22-23(4)16(12)19-10(13)2/h5-8H,1-4H3,(H,20,21,24). The smallest absolute Gasteiger partial charge is 0.259 e. The first kappa shape index (κ1) is 15.7. The highest BCUT2D eigenvalue weighted by atomic mass is 32.1. The van der Waals surface area contributed by atoms with E-state index in [1.165, 1.54) is 16.9 Å². The lowest BCUT2D eigenvalue weighted by atomic mass is 10.1. The summed E-state index contributed by atoms with van der Waals surface area (Å²) in [5.41, 5.74) is 4.91. The van der Waals surface area contributed by atoms with E-state index in [1.54, 1.807) is 4.68 Å². The van der Waals surface area contributed by atoms with Crippen LogP contribution in [-0.4, -0.2) is 25.7 Å². The van der Waals surface area contributed by atoms with E-state index in [0.717, 1.165) is 26.9 Å². The summed E-state index contributed by atoms with van der Waals surface area (Å²) in [4.78, 5) is 21.7. The van der Waals surface area contributed by atoms with E-state index >= 15 is 0 Å². The van der Waals surface area contributed by atoms with E-state index in [1.807, 2.05) is 46.0 Å². The summed E-state index contributed by atoms with van der Waals surface area (Å²) in [5, 5.41) is 8.74. The van der Waals surface area contributed by atoms with Crippen molar-refractivity contribution in [3.05, 3.63) is 46.8 Å². The van der Waals surface area contributed by atoms with Crippen molar-refractivity contribution in [3.8, 4) is 0 Å². The Morgan fingerprint density at radius 2 is 1.92 bits per heavy atom. The molecule has 3 aromatic heterocycles. The molecule has 126 valence electrons. The number of pyridine rings is 1. The summed E-state index contributed by atoms with van der Waals surface area (Å²) in [6.07, 6.45) is 0. The van der Waals surface area contributed by atoms with Crippen LogP contribution in [0.4, 0.5) is 5.13 Å². The lowest BCUT2D eigenvalue weighted by Gasteiger charge is -2.05. The summed E-state index contributed by atoms with van der Waals surface area (Å²) in [6, 6.07) is 7.91. The zero-order chi connectivity index (χ0) is 17.7. The predicted octanol–water partition coefficient (Wildman–Crippen LogP) is 3.76. The molecule has 0 radical (unpaired) electrons. The number of carbonyl (C=O) groups is 1. The van der Waals surface area contributed by atoms with Gasteiger partial charge in [0.15, 0.2) is 10.8 Å². The Morgan fingerprint density at radius 1 is 1.12 bits per heavy atom. The second kappa shape index (κ2) is 5.63. The normalized spacial score (nSPS) is 11.4. The number of benzene rings is 1. The molecule has 0 saturated heterocycles. The number of nitrogens with zero attached hydrogens (tertiary/aromatic N) is 4. The Bertz CT molecular complexity index is 1140. The molecule has 0 atom stereocenters. The number of amides is 1. The lowest BCUT2D eigenvalue weighted by molar-refractivity contribution is 0.102. The first-order chi connectivity index (χ1) is 11.9. The lowest BCUT2D eigenvalue weighted by Crippen LogP contribution is -2.14. The molecule has 0 aliphatic carbocycles. The molecule has 0 spiro atoms. The fraction of sp³-hybridized carbons (Fsp3) is 0.222. The zero-order valence-corrected chi connectivity index (χ0v) is 15.2. The number of hydrogen-bond acceptors (Lipinski definition) is 5. The van der Waals surface area contributed by atoms with Gasteiger partial charge in [0, 0.05) is 12.4 Å². The Labute approximate surface area is 148 Å². The van der Waals surface area contributed by atoms with Crippen LogP contribution in [0.3, 0.4) is 0 Å². The molecule has 0 aliphatic rings. The molecular weight excluding hydrogens is 334 g/mol. The van der Waals surface area contributed by atoms with Gasteiger partial charge in [-0.15, -0.1) is 0 Å². The Hall–Kier alpha value is -2.80. The van der Waals surface area contributed by atoms with Gasteiger partial charge in [-0.25, -0.2) is 9.97 Å². The largest absolute Gasteiger partial charge is 0.298 e. The fourth-order valence-electron chi connectivity index (χ4n) is 2.91. The first-order valence-corrected chi connectivity index (χ1v) is 8.73. The molecule has 0 saturated carbocycles. The summed E-state index contributed by atoms with van der Waals surface area (Å²) < 4.78 is 2.79. The third-order valence-electron chi connectivity index (χ3n) is 4.20. The average molecular weight is 351 g/mol. The van der Waals surface area contributed by atoms with Crippen LogP contribution in [0.5, 0.6) is 0 Å². The highest BCUT2D eigenvalue weighted by molar-refractivity contribution is 7.22. The van der Waals surface area contributed by atoms with Crippen LogP contribution in [0.25, 0.3) is 21.3 Å². The van der Waals surface area contributed by atoms with Crippen LogP contribution in [0.15, 0.2) is 24.3 Å². The summed E-state index contributed by atoms with van der Waals surface area (Å²) >= 11 is 1.47. The third kappa shape index (κ3) is 2.66. The van der Waals surface area contributed by atoms with E-state index in [2.05, 4.69) is 26.4 Å². The third-order valence-corrected chi connectivity index (χ3v) is 5.13. The second-order valence-electron chi connectivity index (χ2n) is 6.15. The van der Waals surface area contributed by atoms with Crippen LogP contribution < -0.4 is 5.32 Å². The van der Waals surface area contributed by atoms with Crippen molar-refractivity contribution in [3.63, 3.8) is 0 Å². The maximum atomic E-state index is 12.7. The molecule has 1 amide bonds. The van der Waals surface area contributed by atoms with E-state index in [0.29, 0.717) is 16.4 Å². The Kier molecular flexibility index (Phi) is 3.54. The monoisotopic (exact) mass is 351 g/mol. The van der Waals surface area contributed by atoms with Crippen molar-refractivity contribution in [1.29, 1.82) is 0 Å². The number of thiazole rings is 1. The zero-order valence-electron chi connectivity index (χ0n) is 14.4. The number of aryl methyl sites for hydroxylation is 4. The van der Waals surface area contributed by atoms with Gasteiger partial charge in [0.1, 0.15) is 0 Å². The highest BCUT2D eigenvalue weighted by Gasteiger charge is 2.17. The second-order valence-corrected chi connectivity index (χ2v) is 7.18. The molecule has 1 N–H and O–H groups in total. The molecule has 0 unspecified atom stereocenters. The van der Waals surface area contributed by atoms with Crippen molar-refractivity contribution in [2.75, 3.05) is 5.32 Å². The van der Waals surface area contributed by atoms with Crippen molar-refractivity contribution >= 4 is 43.6 Å². The van der Waals surface area contributed by atoms with Crippen LogP contribution in [0, 0.1) is 20.8 Å². The maximum Gasteiger partial charge on any atom is 0.259 e. The SMILES string of the molecule is Cc1ccc2nc(NC(=O)c3cc4c(C)nn(C)c4nc3C)sc2c1. The maximum absolute atomic E-state index is 12.7. The van der Waals surface area contributed by atoms with Crippen LogP contribution in [-0.2, 0) is 7.05 Å². The quantitative estimate of drug-likeness (QED) is 0.597. The number of hydrogen-bond donors (Lipinski definition) is 1. The molecule has 4 rings (SSSR count). The number of rotatable bonds is 2. The minimum Gasteiger partial charge on any atom is -0.298 e. The van der Waals surface area contributed by atoms with E-state index < -0.39 is 0 Å². The van der Waals surface area contributed by atoms with Gasteiger partial charge in [0.05, 0.1) is 27.2 Å². The molecular formula is C18H17N5OS. The van der Waals surface area contributed by atoms with E-state index in [-0.39, 0.29) is 5.91 Å². The number of nitrogens with one attached hydrogen (secondary N) is 1. The molecule has 1 aromatic carbocycles. The Morgan fingerprint density at radius 3 is 2.72 bits per heavy atom. The minimum absolute atomic E-state index is 0.203. The van der Waals surface area contributed by atoms with Gasteiger partial charge in [-0.05, 0) is 44.5 Å². The van der Waals surface area contributed by atoms with Crippen molar-refractivity contribution < 1.29 is 4.79 Å². The van der Waals surface area contributed by atoms with E-state index in [9.17, 15) is 4.79 Å². The summed E-state index contributed by atoms with van der Waals surface area (Å²) in [6.45, 7) is 5.78. The molecule has 6 nitrogen and oxygen atoms in total. The van der Waals surface area contributed by atoms with Crippen molar-refractivity contribution in [2.45, 2.75) is 20.8 Å². The van der Waals surface area contributed by atoms with Gasteiger partial charge < -0.3 is 0 Å². The predicted molar refractivity (Wildman–Crippen MR) is 100 cm³/mol. The van der Waals surface area contributed by atoms with Gasteiger partial charge >= 0.3 is 0 Å². The van der Waals surface area contributed by atoms with Crippen LogP contribution in [0.1, 0.15) is 27.3 Å². The van der Waals surface area contributed by atoms with Crippen LogP contribution >= 0.6 is 11.3 Å².